The average Bonchev–Trinajstić information content (AvgIpc) is 0. The SMILES string of the molecule is [Br-].[Br-].[I-].[I-].[Mg+2].[Mg+2]. The summed E-state index contributed by atoms with van der Waals surface area (Å²) in [6.45, 7) is 0. The first-order valence-corrected chi connectivity index (χ1v) is 0. The van der Waals surface area contributed by atoms with E-state index in [1.807, 2.05) is 0 Å². The molecular formula is Br2I2Mg2. The Hall–Kier alpha value is 3.95. The van der Waals surface area contributed by atoms with Crippen molar-refractivity contribution in [3.8, 4) is 0 Å². The second kappa shape index (κ2) is 36.2. The molecule has 0 fully saturated rings. The van der Waals surface area contributed by atoms with Gasteiger partial charge in [0.15, 0.2) is 0 Å². The van der Waals surface area contributed by atoms with Gasteiger partial charge in [-0.2, -0.15) is 0 Å². The molecule has 0 saturated heterocycles. The molecule has 0 aliphatic carbocycles. The normalized spacial score (nSPS) is 0. The van der Waals surface area contributed by atoms with E-state index in [0.717, 1.165) is 0 Å². The van der Waals surface area contributed by atoms with Crippen LogP contribution in [0.25, 0.3) is 0 Å². The molecule has 0 amide bonds. The van der Waals surface area contributed by atoms with E-state index in [1.54, 1.807) is 0 Å². The van der Waals surface area contributed by atoms with Gasteiger partial charge in [0.1, 0.15) is 0 Å². The topological polar surface area (TPSA) is 0 Å². The first-order valence-electron chi connectivity index (χ1n) is 0. The minimum Gasteiger partial charge on any atom is -1.00 e. The molecule has 0 aromatic carbocycles. The van der Waals surface area contributed by atoms with Gasteiger partial charge in [-0.25, -0.2) is 0 Å². The molecule has 0 radical (unpaired) electrons. The van der Waals surface area contributed by atoms with Crippen molar-refractivity contribution in [3.05, 3.63) is 0 Å². The quantitative estimate of drug-likeness (QED) is 0.248. The summed E-state index contributed by atoms with van der Waals surface area (Å²) in [6.07, 6.45) is 0. The third kappa shape index (κ3) is 24.6. The predicted molar refractivity (Wildman–Crippen MR) is 11.5 cm³/mol. The Morgan fingerprint density at radius 1 is 0.500 bits per heavy atom. The van der Waals surface area contributed by atoms with Crippen LogP contribution in [0, 0.1) is 0 Å². The first-order chi connectivity index (χ1) is 0. The molecule has 0 aliphatic heterocycles. The van der Waals surface area contributed by atoms with Gasteiger partial charge in [-0.3, -0.25) is 0 Å². The Morgan fingerprint density at radius 3 is 0.500 bits per heavy atom. The zero-order valence-corrected chi connectivity index (χ0v) is 13.2. The summed E-state index contributed by atoms with van der Waals surface area (Å²) in [6, 6.07) is 0. The van der Waals surface area contributed by atoms with Crippen molar-refractivity contribution in [1.82, 2.24) is 0 Å². The smallest absolute Gasteiger partial charge is 1.00 e. The van der Waals surface area contributed by atoms with E-state index >= 15 is 0 Å². The van der Waals surface area contributed by atoms with Crippen LogP contribution in [0.15, 0.2) is 0 Å². The monoisotopic (exact) mass is 460 g/mol. The summed E-state index contributed by atoms with van der Waals surface area (Å²) < 4.78 is 0. The summed E-state index contributed by atoms with van der Waals surface area (Å²) in [5.74, 6) is 0. The maximum absolute atomic E-state index is 0. The van der Waals surface area contributed by atoms with Gasteiger partial charge in [-0.15, -0.1) is 0 Å². The summed E-state index contributed by atoms with van der Waals surface area (Å²) >= 11 is 0. The van der Waals surface area contributed by atoms with Crippen molar-refractivity contribution in [3.63, 3.8) is 0 Å². The molecule has 6 heavy (non-hydrogen) atoms. The van der Waals surface area contributed by atoms with Gasteiger partial charge in [-0.05, 0) is 0 Å². The fourth-order valence-electron chi connectivity index (χ4n) is 0. The number of hydrogen-bond acceptors (Lipinski definition) is 0. The molecule has 0 rings (SSSR count). The van der Waals surface area contributed by atoms with Gasteiger partial charge in [0.05, 0.1) is 0 Å². The molecule has 0 N–H and O–H groups in total. The largest absolute Gasteiger partial charge is 2.00 e. The molecule has 0 atom stereocenters. The standard InChI is InChI=1S/2BrH.2HI.2Mg/h4*1H;;/q;;;;2*+2/p-4. The van der Waals surface area contributed by atoms with E-state index < -0.39 is 0 Å². The average molecular weight is 462 g/mol. The van der Waals surface area contributed by atoms with E-state index in [-0.39, 0.29) is 128 Å². The van der Waals surface area contributed by atoms with Crippen molar-refractivity contribution >= 4 is 46.1 Å². The Kier molecular flexibility index (Phi) is 308. The molecule has 0 heterocycles. The predicted octanol–water partition coefficient (Wildman–Crippen LogP) is -12.7. The van der Waals surface area contributed by atoms with Crippen LogP contribution in [-0.4, -0.2) is 46.1 Å². The molecule has 6 heteroatoms. The Labute approximate surface area is 125 Å². The molecular weight excluding hydrogens is 462 g/mol. The van der Waals surface area contributed by atoms with Gasteiger partial charge in [0.2, 0.25) is 0 Å². The zero-order valence-electron chi connectivity index (χ0n) is 2.93. The van der Waals surface area contributed by atoms with E-state index in [9.17, 15) is 0 Å². The van der Waals surface area contributed by atoms with Crippen LogP contribution in [0.4, 0.5) is 0 Å². The molecule has 0 bridgehead atoms. The molecule has 0 aromatic rings. The Morgan fingerprint density at radius 2 is 0.500 bits per heavy atom. The first kappa shape index (κ1) is 51.1. The third-order valence-electron chi connectivity index (χ3n) is 0. The maximum atomic E-state index is 0. The molecule has 0 saturated carbocycles. The van der Waals surface area contributed by atoms with Crippen LogP contribution in [0.2, 0.25) is 0 Å². The summed E-state index contributed by atoms with van der Waals surface area (Å²) in [5.41, 5.74) is 0. The minimum atomic E-state index is 0. The number of hydrogen-bond donors (Lipinski definition) is 0. The third-order valence-corrected chi connectivity index (χ3v) is 0. The number of rotatable bonds is 0. The van der Waals surface area contributed by atoms with Crippen molar-refractivity contribution < 1.29 is 81.9 Å². The van der Waals surface area contributed by atoms with Crippen LogP contribution >= 0.6 is 0 Å². The van der Waals surface area contributed by atoms with Gasteiger partial charge >= 0.3 is 46.1 Å². The molecule has 0 spiro atoms. The summed E-state index contributed by atoms with van der Waals surface area (Å²) in [7, 11) is 0. The Bertz CT molecular complexity index is 9.51. The molecule has 0 aromatic heterocycles. The van der Waals surface area contributed by atoms with Crippen LogP contribution in [0.3, 0.4) is 0 Å². The van der Waals surface area contributed by atoms with Crippen molar-refractivity contribution in [2.24, 2.45) is 0 Å². The van der Waals surface area contributed by atoms with Gasteiger partial charge in [0, 0.05) is 0 Å². The van der Waals surface area contributed by atoms with Gasteiger partial charge < -0.3 is 81.9 Å². The molecule has 0 aliphatic rings. The molecule has 32 valence electrons. The number of halogens is 4. The fourth-order valence-corrected chi connectivity index (χ4v) is 0. The Balaban J connectivity index is 0. The van der Waals surface area contributed by atoms with E-state index in [1.165, 1.54) is 0 Å². The second-order valence-electron chi connectivity index (χ2n) is 0. The maximum Gasteiger partial charge on any atom is 2.00 e. The van der Waals surface area contributed by atoms with E-state index in [0.29, 0.717) is 0 Å². The van der Waals surface area contributed by atoms with Crippen LogP contribution in [0.1, 0.15) is 0 Å². The van der Waals surface area contributed by atoms with Crippen molar-refractivity contribution in [2.75, 3.05) is 0 Å². The van der Waals surface area contributed by atoms with Crippen LogP contribution in [-0.2, 0) is 0 Å². The van der Waals surface area contributed by atoms with Crippen molar-refractivity contribution in [2.45, 2.75) is 0 Å². The fraction of sp³-hybridized carbons (Fsp3) is 0. The minimum absolute atomic E-state index is 0. The summed E-state index contributed by atoms with van der Waals surface area (Å²) in [5, 5.41) is 0. The summed E-state index contributed by atoms with van der Waals surface area (Å²) in [4.78, 5) is 0. The van der Waals surface area contributed by atoms with E-state index in [4.69, 9.17) is 0 Å². The second-order valence-corrected chi connectivity index (χ2v) is 0. The van der Waals surface area contributed by atoms with Gasteiger partial charge in [-0.1, -0.05) is 0 Å². The van der Waals surface area contributed by atoms with E-state index in [2.05, 4.69) is 0 Å². The van der Waals surface area contributed by atoms with Crippen LogP contribution in [0.5, 0.6) is 0 Å². The van der Waals surface area contributed by atoms with Crippen LogP contribution < -0.4 is 81.9 Å². The molecule has 0 nitrogen and oxygen atoms in total. The molecule has 0 unspecified atom stereocenters. The van der Waals surface area contributed by atoms with Gasteiger partial charge in [0.25, 0.3) is 0 Å². The zero-order chi connectivity index (χ0) is 0. The van der Waals surface area contributed by atoms with Crippen molar-refractivity contribution in [1.29, 1.82) is 0 Å².